The van der Waals surface area contributed by atoms with Crippen molar-refractivity contribution in [2.24, 2.45) is 5.92 Å². The molecule has 56 valence electrons. The quantitative estimate of drug-likeness (QED) is 0.510. The lowest BCUT2D eigenvalue weighted by Crippen LogP contribution is -1.86. The van der Waals surface area contributed by atoms with E-state index < -0.39 is 0 Å². The van der Waals surface area contributed by atoms with Crippen LogP contribution in [-0.4, -0.2) is 0 Å². The molecule has 0 aliphatic heterocycles. The molecule has 0 radical (unpaired) electrons. The van der Waals surface area contributed by atoms with E-state index in [1.54, 1.807) is 12.2 Å². The molecule has 0 bridgehead atoms. The number of hydrogen-bond acceptors (Lipinski definition) is 0. The molecule has 1 rings (SSSR count). The summed E-state index contributed by atoms with van der Waals surface area (Å²) in [7, 11) is 0. The fourth-order valence-electron chi connectivity index (χ4n) is 0.901. The van der Waals surface area contributed by atoms with Gasteiger partial charge in [-0.05, 0) is 24.8 Å². The zero-order valence-corrected chi connectivity index (χ0v) is 6.66. The second kappa shape index (κ2) is 3.20. The van der Waals surface area contributed by atoms with Crippen LogP contribution in [0.25, 0.3) is 0 Å². The smallest absolute Gasteiger partial charge is 0.137 e. The van der Waals surface area contributed by atoms with Gasteiger partial charge in [0.15, 0.2) is 0 Å². The van der Waals surface area contributed by atoms with E-state index in [0.29, 0.717) is 5.92 Å². The molecule has 0 saturated carbocycles. The van der Waals surface area contributed by atoms with Crippen molar-refractivity contribution in [3.05, 3.63) is 23.0 Å². The van der Waals surface area contributed by atoms with Gasteiger partial charge >= 0.3 is 0 Å². The van der Waals surface area contributed by atoms with Gasteiger partial charge in [-0.1, -0.05) is 24.6 Å². The summed E-state index contributed by atoms with van der Waals surface area (Å²) in [5.41, 5.74) is 0. The third-order valence-electron chi connectivity index (χ3n) is 1.63. The molecular weight excluding hydrogens is 151 g/mol. The minimum Gasteiger partial charge on any atom is -0.206 e. The molecule has 1 atom stereocenters. The standard InChI is InChI=1S/C8H10ClF/c1-6-2-4-7(9)8(10)5-3-6/h4-6H,2-3H2,1H3/t6-/m1/s1. The van der Waals surface area contributed by atoms with Gasteiger partial charge in [-0.25, -0.2) is 4.39 Å². The molecule has 0 unspecified atom stereocenters. The summed E-state index contributed by atoms with van der Waals surface area (Å²) < 4.78 is 12.7. The molecule has 0 aromatic rings. The predicted molar refractivity (Wildman–Crippen MR) is 41.5 cm³/mol. The molecule has 0 heterocycles. The van der Waals surface area contributed by atoms with Crippen LogP contribution in [0.1, 0.15) is 19.8 Å². The summed E-state index contributed by atoms with van der Waals surface area (Å²) in [5, 5.41) is 0.268. The van der Waals surface area contributed by atoms with Gasteiger partial charge in [-0.15, -0.1) is 0 Å². The lowest BCUT2D eigenvalue weighted by molar-refractivity contribution is 0.597. The monoisotopic (exact) mass is 160 g/mol. The SMILES string of the molecule is C[C@H]1CC=C(F)C(Cl)=CC1. The Morgan fingerprint density at radius 3 is 2.80 bits per heavy atom. The van der Waals surface area contributed by atoms with Crippen molar-refractivity contribution in [1.29, 1.82) is 0 Å². The van der Waals surface area contributed by atoms with Crippen molar-refractivity contribution in [2.45, 2.75) is 19.8 Å². The number of allylic oxidation sites excluding steroid dienone is 4. The van der Waals surface area contributed by atoms with E-state index in [1.807, 2.05) is 0 Å². The largest absolute Gasteiger partial charge is 0.206 e. The van der Waals surface area contributed by atoms with Crippen molar-refractivity contribution in [2.75, 3.05) is 0 Å². The minimum atomic E-state index is -0.272. The number of hydrogen-bond donors (Lipinski definition) is 0. The highest BCUT2D eigenvalue weighted by molar-refractivity contribution is 6.31. The molecule has 0 N–H and O–H groups in total. The highest BCUT2D eigenvalue weighted by Crippen LogP contribution is 2.24. The van der Waals surface area contributed by atoms with Gasteiger partial charge in [-0.3, -0.25) is 0 Å². The van der Waals surface area contributed by atoms with Gasteiger partial charge in [0, 0.05) is 0 Å². The Bertz CT molecular complexity index is 162. The predicted octanol–water partition coefficient (Wildman–Crippen LogP) is 3.39. The van der Waals surface area contributed by atoms with Crippen molar-refractivity contribution >= 4 is 11.6 Å². The third kappa shape index (κ3) is 1.84. The fourth-order valence-corrected chi connectivity index (χ4v) is 1.07. The zero-order valence-electron chi connectivity index (χ0n) is 5.90. The molecule has 0 amide bonds. The van der Waals surface area contributed by atoms with Crippen LogP contribution >= 0.6 is 11.6 Å². The number of rotatable bonds is 0. The van der Waals surface area contributed by atoms with Crippen molar-refractivity contribution in [3.63, 3.8) is 0 Å². The molecular formula is C8H10ClF. The molecule has 2 heteroatoms. The van der Waals surface area contributed by atoms with Gasteiger partial charge in [0.1, 0.15) is 5.83 Å². The second-order valence-electron chi connectivity index (χ2n) is 2.68. The van der Waals surface area contributed by atoms with Crippen LogP contribution < -0.4 is 0 Å². The number of halogens is 2. The lowest BCUT2D eigenvalue weighted by atomic mass is 10.1. The Hall–Kier alpha value is -0.300. The summed E-state index contributed by atoms with van der Waals surface area (Å²) in [4.78, 5) is 0. The highest BCUT2D eigenvalue weighted by Gasteiger charge is 2.07. The molecule has 0 aromatic heterocycles. The van der Waals surface area contributed by atoms with Crippen LogP contribution in [0.2, 0.25) is 0 Å². The molecule has 0 fully saturated rings. The Labute approximate surface area is 65.4 Å². The van der Waals surface area contributed by atoms with Gasteiger partial charge < -0.3 is 0 Å². The Morgan fingerprint density at radius 2 is 2.10 bits per heavy atom. The Kier molecular flexibility index (Phi) is 2.50. The van der Waals surface area contributed by atoms with Gasteiger partial charge in [-0.2, -0.15) is 0 Å². The maximum Gasteiger partial charge on any atom is 0.137 e. The second-order valence-corrected chi connectivity index (χ2v) is 3.09. The summed E-state index contributed by atoms with van der Waals surface area (Å²) in [5.74, 6) is 0.244. The first kappa shape index (κ1) is 7.80. The van der Waals surface area contributed by atoms with Crippen LogP contribution in [0.5, 0.6) is 0 Å². The normalized spacial score (nSPS) is 26.9. The first-order valence-corrected chi connectivity index (χ1v) is 3.79. The molecule has 1 aliphatic rings. The summed E-state index contributed by atoms with van der Waals surface area (Å²) >= 11 is 5.55. The molecule has 0 nitrogen and oxygen atoms in total. The topological polar surface area (TPSA) is 0 Å². The van der Waals surface area contributed by atoms with Crippen molar-refractivity contribution < 1.29 is 4.39 Å². The van der Waals surface area contributed by atoms with E-state index in [2.05, 4.69) is 6.92 Å². The fraction of sp³-hybridized carbons (Fsp3) is 0.500. The van der Waals surface area contributed by atoms with Crippen LogP contribution in [0, 0.1) is 5.92 Å². The third-order valence-corrected chi connectivity index (χ3v) is 1.96. The van der Waals surface area contributed by atoms with Crippen molar-refractivity contribution in [3.8, 4) is 0 Å². The molecule has 0 aromatic carbocycles. The highest BCUT2D eigenvalue weighted by atomic mass is 35.5. The maximum atomic E-state index is 12.7. The first-order valence-electron chi connectivity index (χ1n) is 3.42. The Balaban J connectivity index is 2.73. The molecule has 10 heavy (non-hydrogen) atoms. The Morgan fingerprint density at radius 1 is 1.50 bits per heavy atom. The summed E-state index contributed by atoms with van der Waals surface area (Å²) in [6, 6.07) is 0. The van der Waals surface area contributed by atoms with E-state index in [4.69, 9.17) is 11.6 Å². The maximum absolute atomic E-state index is 12.7. The van der Waals surface area contributed by atoms with E-state index in [-0.39, 0.29) is 10.9 Å². The summed E-state index contributed by atoms with van der Waals surface area (Å²) in [6.07, 6.45) is 4.96. The van der Waals surface area contributed by atoms with Crippen LogP contribution in [-0.2, 0) is 0 Å². The van der Waals surface area contributed by atoms with Gasteiger partial charge in [0.25, 0.3) is 0 Å². The average molecular weight is 161 g/mol. The van der Waals surface area contributed by atoms with E-state index in [9.17, 15) is 4.39 Å². The average Bonchev–Trinajstić information content (AvgIpc) is 2.04. The minimum absolute atomic E-state index is 0.268. The zero-order chi connectivity index (χ0) is 7.56. The van der Waals surface area contributed by atoms with Crippen molar-refractivity contribution in [1.82, 2.24) is 0 Å². The lowest BCUT2D eigenvalue weighted by Gasteiger charge is -1.99. The molecule has 0 spiro atoms. The van der Waals surface area contributed by atoms with E-state index in [0.717, 1.165) is 12.8 Å². The van der Waals surface area contributed by atoms with Crippen LogP contribution in [0.4, 0.5) is 4.39 Å². The van der Waals surface area contributed by atoms with Gasteiger partial charge in [0.05, 0.1) is 5.03 Å². The van der Waals surface area contributed by atoms with Gasteiger partial charge in [0.2, 0.25) is 0 Å². The summed E-state index contributed by atoms with van der Waals surface area (Å²) in [6.45, 7) is 2.08. The molecule has 0 saturated heterocycles. The van der Waals surface area contributed by atoms with E-state index in [1.165, 1.54) is 0 Å². The van der Waals surface area contributed by atoms with Crippen LogP contribution in [0.3, 0.4) is 0 Å². The molecule has 1 aliphatic carbocycles. The first-order chi connectivity index (χ1) is 4.70. The van der Waals surface area contributed by atoms with Crippen LogP contribution in [0.15, 0.2) is 23.0 Å². The van der Waals surface area contributed by atoms with E-state index >= 15 is 0 Å².